The fraction of sp³-hybridized carbons (Fsp3) is 0.750. The minimum absolute atomic E-state index is 0.179. The summed E-state index contributed by atoms with van der Waals surface area (Å²) in [6.07, 6.45) is 6.85. The molecule has 0 aromatic heterocycles. The zero-order chi connectivity index (χ0) is 15.2. The van der Waals surface area contributed by atoms with E-state index in [0.29, 0.717) is 13.2 Å². The first-order valence-corrected chi connectivity index (χ1v) is 7.97. The number of rotatable bonds is 5. The van der Waals surface area contributed by atoms with E-state index in [4.69, 9.17) is 9.47 Å². The molecule has 0 radical (unpaired) electrons. The lowest BCUT2D eigenvalue weighted by Crippen LogP contribution is -2.45. The number of piperidine rings is 1. The van der Waals surface area contributed by atoms with E-state index in [1.165, 1.54) is 0 Å². The third-order valence-electron chi connectivity index (χ3n) is 4.16. The quantitative estimate of drug-likeness (QED) is 0.444. The van der Waals surface area contributed by atoms with Crippen LogP contribution in [-0.2, 0) is 14.3 Å². The summed E-state index contributed by atoms with van der Waals surface area (Å²) in [6, 6.07) is 0.358. The van der Waals surface area contributed by atoms with E-state index in [-0.39, 0.29) is 24.1 Å². The topological polar surface area (TPSA) is 55.8 Å². The lowest BCUT2D eigenvalue weighted by atomic mass is 9.97. The van der Waals surface area contributed by atoms with Gasteiger partial charge in [-0.25, -0.2) is 9.59 Å². The number of amides is 1. The van der Waals surface area contributed by atoms with Gasteiger partial charge >= 0.3 is 12.1 Å². The highest BCUT2D eigenvalue weighted by atomic mass is 16.6. The summed E-state index contributed by atoms with van der Waals surface area (Å²) in [7, 11) is 0. The summed E-state index contributed by atoms with van der Waals surface area (Å²) >= 11 is 0. The van der Waals surface area contributed by atoms with Crippen LogP contribution in [0.25, 0.3) is 0 Å². The number of nitrogens with zero attached hydrogens (tertiary/aromatic N) is 1. The highest BCUT2D eigenvalue weighted by molar-refractivity contribution is 5.83. The van der Waals surface area contributed by atoms with Gasteiger partial charge in [-0.05, 0) is 39.0 Å². The summed E-state index contributed by atoms with van der Waals surface area (Å²) in [5.41, 5.74) is 1.10. The van der Waals surface area contributed by atoms with Gasteiger partial charge in [-0.15, -0.1) is 0 Å². The van der Waals surface area contributed by atoms with Crippen molar-refractivity contribution in [2.45, 2.75) is 64.5 Å². The first kappa shape index (κ1) is 15.9. The molecule has 1 amide bonds. The number of esters is 1. The van der Waals surface area contributed by atoms with Gasteiger partial charge in [0.25, 0.3) is 0 Å². The van der Waals surface area contributed by atoms with Crippen LogP contribution in [0.15, 0.2) is 11.6 Å². The minimum atomic E-state index is -0.272. The van der Waals surface area contributed by atoms with E-state index >= 15 is 0 Å². The molecular weight excluding hydrogens is 270 g/mol. The molecule has 2 rings (SSSR count). The Hall–Kier alpha value is -1.52. The molecule has 5 nitrogen and oxygen atoms in total. The molecule has 5 heteroatoms. The van der Waals surface area contributed by atoms with Crippen LogP contribution in [-0.4, -0.2) is 42.3 Å². The summed E-state index contributed by atoms with van der Waals surface area (Å²) in [6.45, 7) is 4.77. The third-order valence-corrected chi connectivity index (χ3v) is 4.16. The van der Waals surface area contributed by atoms with E-state index in [1.54, 1.807) is 13.0 Å². The van der Waals surface area contributed by atoms with Crippen LogP contribution in [0.4, 0.5) is 4.79 Å². The Morgan fingerprint density at radius 3 is 2.43 bits per heavy atom. The van der Waals surface area contributed by atoms with Crippen LogP contribution in [0.3, 0.4) is 0 Å². The number of unbranched alkanes of at least 4 members (excludes halogenated alkanes) is 1. The molecule has 0 aromatic rings. The van der Waals surface area contributed by atoms with Gasteiger partial charge in [0, 0.05) is 18.2 Å². The monoisotopic (exact) mass is 295 g/mol. The summed E-state index contributed by atoms with van der Waals surface area (Å²) in [4.78, 5) is 25.6. The van der Waals surface area contributed by atoms with E-state index in [1.807, 2.05) is 4.90 Å². The SMILES string of the molecule is CCCCOC(=O)N1C2CCC1CC(=CC(=O)OCC)C2. The van der Waals surface area contributed by atoms with Gasteiger partial charge in [0.15, 0.2) is 0 Å². The lowest BCUT2D eigenvalue weighted by molar-refractivity contribution is -0.137. The molecular formula is C16H25NO4. The van der Waals surface area contributed by atoms with Gasteiger partial charge in [-0.1, -0.05) is 18.9 Å². The predicted molar refractivity (Wildman–Crippen MR) is 78.9 cm³/mol. The largest absolute Gasteiger partial charge is 0.463 e. The number of hydrogen-bond donors (Lipinski definition) is 0. The maximum Gasteiger partial charge on any atom is 0.410 e. The second-order valence-corrected chi connectivity index (χ2v) is 5.72. The summed E-state index contributed by atoms with van der Waals surface area (Å²) < 4.78 is 10.3. The van der Waals surface area contributed by atoms with Crippen molar-refractivity contribution in [3.63, 3.8) is 0 Å². The molecule has 118 valence electrons. The van der Waals surface area contributed by atoms with E-state index in [9.17, 15) is 9.59 Å². The molecule has 2 aliphatic rings. The van der Waals surface area contributed by atoms with Crippen molar-refractivity contribution in [2.24, 2.45) is 0 Å². The molecule has 2 aliphatic heterocycles. The normalized spacial score (nSPS) is 23.9. The maximum atomic E-state index is 12.2. The standard InChI is InChI=1S/C16H25NO4/c1-3-5-8-21-16(19)17-13-6-7-14(17)10-12(9-13)11-15(18)20-4-2/h11,13-14H,3-10H2,1-2H3. The first-order valence-electron chi connectivity index (χ1n) is 7.97. The molecule has 2 fully saturated rings. The Bertz CT molecular complexity index is 403. The molecule has 0 spiro atoms. The summed E-state index contributed by atoms with van der Waals surface area (Å²) in [5, 5.41) is 0. The lowest BCUT2D eigenvalue weighted by Gasteiger charge is -2.35. The zero-order valence-corrected chi connectivity index (χ0v) is 13.0. The Kier molecular flexibility index (Phi) is 5.65. The van der Waals surface area contributed by atoms with Crippen LogP contribution in [0.1, 0.15) is 52.4 Å². The van der Waals surface area contributed by atoms with E-state index in [2.05, 4.69) is 6.92 Å². The highest BCUT2D eigenvalue weighted by Gasteiger charge is 2.42. The van der Waals surface area contributed by atoms with Gasteiger partial charge in [0.1, 0.15) is 0 Å². The number of ether oxygens (including phenoxy) is 2. The van der Waals surface area contributed by atoms with Crippen molar-refractivity contribution in [3.05, 3.63) is 11.6 Å². The van der Waals surface area contributed by atoms with E-state index < -0.39 is 0 Å². The molecule has 0 aromatic carbocycles. The molecule has 2 saturated heterocycles. The van der Waals surface area contributed by atoms with Crippen molar-refractivity contribution < 1.29 is 19.1 Å². The average Bonchev–Trinajstić information content (AvgIpc) is 2.71. The second kappa shape index (κ2) is 7.48. The number of fused-ring (bicyclic) bond motifs is 2. The van der Waals surface area contributed by atoms with Crippen molar-refractivity contribution in [3.8, 4) is 0 Å². The molecule has 0 N–H and O–H groups in total. The maximum absolute atomic E-state index is 12.2. The number of carbonyl (C=O) groups is 2. The van der Waals surface area contributed by atoms with Crippen LogP contribution in [0, 0.1) is 0 Å². The fourth-order valence-corrected chi connectivity index (χ4v) is 3.20. The molecule has 2 unspecified atom stereocenters. The van der Waals surface area contributed by atoms with Gasteiger partial charge in [-0.2, -0.15) is 0 Å². The second-order valence-electron chi connectivity index (χ2n) is 5.72. The Balaban J connectivity index is 1.92. The smallest absolute Gasteiger partial charge is 0.410 e. The van der Waals surface area contributed by atoms with Crippen LogP contribution in [0.2, 0.25) is 0 Å². The molecule has 2 atom stereocenters. The average molecular weight is 295 g/mol. The van der Waals surface area contributed by atoms with Crippen molar-refractivity contribution >= 4 is 12.1 Å². The first-order chi connectivity index (χ1) is 10.2. The zero-order valence-electron chi connectivity index (χ0n) is 13.0. The fourth-order valence-electron chi connectivity index (χ4n) is 3.20. The van der Waals surface area contributed by atoms with Crippen LogP contribution < -0.4 is 0 Å². The molecule has 0 saturated carbocycles. The van der Waals surface area contributed by atoms with E-state index in [0.717, 1.165) is 44.1 Å². The van der Waals surface area contributed by atoms with Crippen LogP contribution in [0.5, 0.6) is 0 Å². The molecule has 21 heavy (non-hydrogen) atoms. The van der Waals surface area contributed by atoms with Crippen molar-refractivity contribution in [1.29, 1.82) is 0 Å². The van der Waals surface area contributed by atoms with Crippen molar-refractivity contribution in [1.82, 2.24) is 4.90 Å². The molecule has 0 aliphatic carbocycles. The van der Waals surface area contributed by atoms with Gasteiger partial charge in [0.2, 0.25) is 0 Å². The molecule has 2 bridgehead atoms. The van der Waals surface area contributed by atoms with Gasteiger partial charge < -0.3 is 14.4 Å². The Morgan fingerprint density at radius 2 is 1.86 bits per heavy atom. The third kappa shape index (κ3) is 3.99. The van der Waals surface area contributed by atoms with Gasteiger partial charge in [0.05, 0.1) is 13.2 Å². The number of hydrogen-bond acceptors (Lipinski definition) is 4. The Labute approximate surface area is 126 Å². The predicted octanol–water partition coefficient (Wildman–Crippen LogP) is 3.04. The minimum Gasteiger partial charge on any atom is -0.463 e. The highest BCUT2D eigenvalue weighted by Crippen LogP contribution is 2.38. The summed E-state index contributed by atoms with van der Waals surface area (Å²) in [5.74, 6) is -0.272. The Morgan fingerprint density at radius 1 is 1.19 bits per heavy atom. The van der Waals surface area contributed by atoms with Crippen LogP contribution >= 0.6 is 0 Å². The number of carbonyl (C=O) groups excluding carboxylic acids is 2. The van der Waals surface area contributed by atoms with Crippen molar-refractivity contribution in [2.75, 3.05) is 13.2 Å². The van der Waals surface area contributed by atoms with Gasteiger partial charge in [-0.3, -0.25) is 0 Å². The molecule has 2 heterocycles.